The van der Waals surface area contributed by atoms with E-state index in [0.29, 0.717) is 30.9 Å². The molecule has 0 bridgehead atoms. The lowest BCUT2D eigenvalue weighted by Gasteiger charge is -2.22. The van der Waals surface area contributed by atoms with E-state index in [9.17, 15) is 19.5 Å². The molecule has 0 spiro atoms. The van der Waals surface area contributed by atoms with Crippen LogP contribution in [0.1, 0.15) is 55.5 Å². The van der Waals surface area contributed by atoms with Gasteiger partial charge >= 0.3 is 17.1 Å². The van der Waals surface area contributed by atoms with Gasteiger partial charge in [-0.25, -0.2) is 9.89 Å². The molecule has 0 unspecified atom stereocenters. The summed E-state index contributed by atoms with van der Waals surface area (Å²) >= 11 is 0. The first-order valence-corrected chi connectivity index (χ1v) is 11.5. The van der Waals surface area contributed by atoms with Crippen molar-refractivity contribution in [3.63, 3.8) is 0 Å². The van der Waals surface area contributed by atoms with Crippen LogP contribution in [0.25, 0.3) is 11.7 Å². The SMILES string of the molecule is COC[C@H]1CCCN1C(=O)/C=C/c1c[nH]n2c(=O)c(C(=O)NC3CC3)c(O)[n+](CC(C)C)c12. The number of nitrogens with zero attached hydrogens (tertiary/aromatic N) is 3. The van der Waals surface area contributed by atoms with E-state index in [-0.39, 0.29) is 35.4 Å². The number of aromatic hydroxyl groups is 1. The summed E-state index contributed by atoms with van der Waals surface area (Å²) in [5.41, 5.74) is 0.0421. The molecule has 0 aromatic carbocycles. The predicted molar refractivity (Wildman–Crippen MR) is 121 cm³/mol. The molecule has 10 heteroatoms. The molecule has 2 aliphatic rings. The molecule has 2 amide bonds. The maximum absolute atomic E-state index is 13.1. The summed E-state index contributed by atoms with van der Waals surface area (Å²) in [6, 6.07) is 0.108. The molecule has 3 N–H and O–H groups in total. The van der Waals surface area contributed by atoms with Gasteiger partial charge in [0.05, 0.1) is 31.0 Å². The third kappa shape index (κ3) is 4.66. The van der Waals surface area contributed by atoms with Crippen molar-refractivity contribution in [2.24, 2.45) is 5.92 Å². The highest BCUT2D eigenvalue weighted by Gasteiger charge is 2.34. The summed E-state index contributed by atoms with van der Waals surface area (Å²) in [5.74, 6) is -0.940. The Morgan fingerprint density at radius 2 is 2.12 bits per heavy atom. The van der Waals surface area contributed by atoms with E-state index >= 15 is 0 Å². The molecule has 10 nitrogen and oxygen atoms in total. The van der Waals surface area contributed by atoms with Crippen LogP contribution in [0.15, 0.2) is 17.1 Å². The van der Waals surface area contributed by atoms with Crippen LogP contribution in [-0.2, 0) is 16.1 Å². The van der Waals surface area contributed by atoms with Crippen LogP contribution < -0.4 is 15.4 Å². The molecule has 178 valence electrons. The van der Waals surface area contributed by atoms with Crippen molar-refractivity contribution < 1.29 is 24.0 Å². The molecule has 1 aliphatic carbocycles. The summed E-state index contributed by atoms with van der Waals surface area (Å²) in [6.45, 7) is 5.52. The summed E-state index contributed by atoms with van der Waals surface area (Å²) in [6.07, 6.45) is 8.29. The minimum atomic E-state index is -0.633. The number of aromatic amines is 1. The second kappa shape index (κ2) is 9.38. The predicted octanol–water partition coefficient (Wildman–Crippen LogP) is 0.820. The number of nitrogens with one attached hydrogen (secondary N) is 2. The van der Waals surface area contributed by atoms with Crippen LogP contribution >= 0.6 is 0 Å². The number of hydrogen-bond donors (Lipinski definition) is 3. The smallest absolute Gasteiger partial charge is 0.378 e. The summed E-state index contributed by atoms with van der Waals surface area (Å²) < 4.78 is 8.03. The highest BCUT2D eigenvalue weighted by atomic mass is 16.5. The Kier molecular flexibility index (Phi) is 6.55. The Morgan fingerprint density at radius 1 is 1.36 bits per heavy atom. The van der Waals surface area contributed by atoms with E-state index in [1.807, 2.05) is 13.8 Å². The Bertz CT molecular complexity index is 1140. The molecular formula is C23H32N5O5+. The second-order valence-electron chi connectivity index (χ2n) is 9.26. The molecule has 2 aromatic rings. The Labute approximate surface area is 191 Å². The van der Waals surface area contributed by atoms with Gasteiger partial charge in [0.2, 0.25) is 11.5 Å². The third-order valence-electron chi connectivity index (χ3n) is 6.08. The Hall–Kier alpha value is -3.14. The number of carbonyl (C=O) groups is 2. The van der Waals surface area contributed by atoms with Crippen LogP contribution in [0.4, 0.5) is 0 Å². The van der Waals surface area contributed by atoms with Gasteiger partial charge in [0.1, 0.15) is 0 Å². The van der Waals surface area contributed by atoms with Gasteiger partial charge in [-0.15, -0.1) is 0 Å². The number of hydrogen-bond acceptors (Lipinski definition) is 5. The Morgan fingerprint density at radius 3 is 2.79 bits per heavy atom. The van der Waals surface area contributed by atoms with Gasteiger partial charge in [-0.3, -0.25) is 9.59 Å². The van der Waals surface area contributed by atoms with Gasteiger partial charge in [0.15, 0.2) is 0 Å². The lowest BCUT2D eigenvalue weighted by molar-refractivity contribution is -0.686. The number of carbonyl (C=O) groups excluding carboxylic acids is 2. The molecule has 0 radical (unpaired) electrons. The van der Waals surface area contributed by atoms with Crippen LogP contribution in [0, 0.1) is 5.92 Å². The third-order valence-corrected chi connectivity index (χ3v) is 6.08. The molecule has 2 aromatic heterocycles. The minimum Gasteiger partial charge on any atom is -0.477 e. The number of fused-ring (bicyclic) bond motifs is 1. The van der Waals surface area contributed by atoms with Gasteiger partial charge in [0.25, 0.3) is 5.91 Å². The first-order chi connectivity index (χ1) is 15.8. The van der Waals surface area contributed by atoms with E-state index in [4.69, 9.17) is 4.74 Å². The van der Waals surface area contributed by atoms with E-state index in [0.717, 1.165) is 25.7 Å². The standard InChI is InChI=1S/C23H31N5O5/c1-14(2)12-27-21-15(6-9-18(29)26-10-4-5-17(26)13-33-3)11-24-28(21)23(32)19(22(27)31)20(30)25-16-7-8-16/h6,9,11,14,16-17H,4-5,7-8,10,12-13H2,1-3H3,(H2,25,30,31,32)/p+1/b9-6+/t17-/m1/s1. The molecule has 1 atom stereocenters. The van der Waals surface area contributed by atoms with Gasteiger partial charge in [-0.05, 0) is 37.7 Å². The largest absolute Gasteiger partial charge is 0.477 e. The van der Waals surface area contributed by atoms with Crippen molar-refractivity contribution in [3.8, 4) is 5.88 Å². The fourth-order valence-corrected chi connectivity index (χ4v) is 4.36. The first kappa shape index (κ1) is 23.0. The maximum Gasteiger partial charge on any atom is 0.378 e. The van der Waals surface area contributed by atoms with E-state index in [1.54, 1.807) is 28.8 Å². The number of methoxy groups -OCH3 is 1. The van der Waals surface area contributed by atoms with Crippen LogP contribution in [0.3, 0.4) is 0 Å². The highest BCUT2D eigenvalue weighted by Crippen LogP contribution is 2.21. The minimum absolute atomic E-state index is 0.0521. The zero-order valence-electron chi connectivity index (χ0n) is 19.3. The van der Waals surface area contributed by atoms with E-state index in [1.165, 1.54) is 10.6 Å². The normalized spacial score (nSPS) is 18.7. The van der Waals surface area contributed by atoms with Crippen molar-refractivity contribution >= 4 is 23.5 Å². The lowest BCUT2D eigenvalue weighted by Crippen LogP contribution is -2.46. The van der Waals surface area contributed by atoms with Gasteiger partial charge in [-0.1, -0.05) is 18.4 Å². The summed E-state index contributed by atoms with van der Waals surface area (Å²) in [7, 11) is 1.62. The van der Waals surface area contributed by atoms with Crippen LogP contribution in [0.5, 0.6) is 5.88 Å². The van der Waals surface area contributed by atoms with Gasteiger partial charge in [0, 0.05) is 25.8 Å². The van der Waals surface area contributed by atoms with Crippen molar-refractivity contribution in [3.05, 3.63) is 33.8 Å². The Balaban J connectivity index is 1.72. The molecule has 1 aliphatic heterocycles. The van der Waals surface area contributed by atoms with Crippen molar-refractivity contribution in [1.29, 1.82) is 0 Å². The van der Waals surface area contributed by atoms with Crippen molar-refractivity contribution in [1.82, 2.24) is 19.8 Å². The quantitative estimate of drug-likeness (QED) is 0.400. The van der Waals surface area contributed by atoms with Crippen molar-refractivity contribution in [2.45, 2.75) is 58.2 Å². The first-order valence-electron chi connectivity index (χ1n) is 11.5. The zero-order valence-corrected chi connectivity index (χ0v) is 19.3. The van der Waals surface area contributed by atoms with E-state index < -0.39 is 11.5 Å². The maximum atomic E-state index is 13.1. The fraction of sp³-hybridized carbons (Fsp3) is 0.565. The zero-order chi connectivity index (χ0) is 23.7. The number of likely N-dealkylation sites (tertiary alicyclic amines) is 1. The number of rotatable bonds is 8. The number of ether oxygens (including phenoxy) is 1. The topological polar surface area (TPSA) is 120 Å². The number of amides is 2. The number of H-pyrrole nitrogens is 1. The average Bonchev–Trinajstić information content (AvgIpc) is 3.28. The van der Waals surface area contributed by atoms with Gasteiger partial charge in [-0.2, -0.15) is 4.57 Å². The van der Waals surface area contributed by atoms with Gasteiger partial charge < -0.3 is 20.1 Å². The lowest BCUT2D eigenvalue weighted by atomic mass is 10.2. The fourth-order valence-electron chi connectivity index (χ4n) is 4.36. The molecule has 33 heavy (non-hydrogen) atoms. The summed E-state index contributed by atoms with van der Waals surface area (Å²) in [5, 5.41) is 16.6. The second-order valence-corrected chi connectivity index (χ2v) is 9.26. The van der Waals surface area contributed by atoms with E-state index in [2.05, 4.69) is 10.4 Å². The van der Waals surface area contributed by atoms with Crippen molar-refractivity contribution in [2.75, 3.05) is 20.3 Å². The molecule has 2 fully saturated rings. The highest BCUT2D eigenvalue weighted by molar-refractivity contribution is 5.96. The molecule has 4 rings (SSSR count). The van der Waals surface area contributed by atoms with Crippen LogP contribution in [0.2, 0.25) is 0 Å². The average molecular weight is 459 g/mol. The van der Waals surface area contributed by atoms with Crippen LogP contribution in [-0.4, -0.2) is 63.8 Å². The molecular weight excluding hydrogens is 426 g/mol. The molecule has 3 heterocycles. The molecule has 1 saturated heterocycles. The molecule has 1 saturated carbocycles. The summed E-state index contributed by atoms with van der Waals surface area (Å²) in [4.78, 5) is 40.4. The number of aromatic nitrogens is 3. The monoisotopic (exact) mass is 458 g/mol.